The summed E-state index contributed by atoms with van der Waals surface area (Å²) >= 11 is 0. The van der Waals surface area contributed by atoms with Gasteiger partial charge >= 0.3 is 5.97 Å². The number of aromatic amines is 1. The van der Waals surface area contributed by atoms with E-state index >= 15 is 0 Å². The highest BCUT2D eigenvalue weighted by Crippen LogP contribution is 2.44. The number of anilines is 1. The van der Waals surface area contributed by atoms with Crippen LogP contribution in [0.25, 0.3) is 10.9 Å². The number of hydrogen-bond acceptors (Lipinski definition) is 4. The Hall–Kier alpha value is -2.17. The molecule has 1 aromatic heterocycles. The first kappa shape index (κ1) is 22.8. The van der Waals surface area contributed by atoms with Gasteiger partial charge in [0.15, 0.2) is 0 Å². The smallest absolute Gasteiger partial charge is 0.340 e. The molecule has 5 nitrogen and oxygen atoms in total. The minimum Gasteiger partial charge on any atom is -0.506 e. The number of esters is 1. The van der Waals surface area contributed by atoms with Gasteiger partial charge in [0, 0.05) is 42.8 Å². The second-order valence-corrected chi connectivity index (χ2v) is 5.05. The Labute approximate surface area is 152 Å². The number of nitrogens with one attached hydrogen (secondary N) is 1. The van der Waals surface area contributed by atoms with Gasteiger partial charge in [-0.25, -0.2) is 4.79 Å². The second-order valence-electron chi connectivity index (χ2n) is 5.05. The normalized spacial score (nSPS) is 14.3. The van der Waals surface area contributed by atoms with Crippen molar-refractivity contribution in [2.24, 2.45) is 0 Å². The Morgan fingerprint density at radius 3 is 2.32 bits per heavy atom. The maximum Gasteiger partial charge on any atom is 0.340 e. The molecule has 1 atom stereocenters. The number of aromatic hydroxyl groups is 1. The van der Waals surface area contributed by atoms with Gasteiger partial charge in [0.1, 0.15) is 5.75 Å². The number of rotatable bonds is 1. The zero-order valence-corrected chi connectivity index (χ0v) is 17.2. The molecule has 2 aromatic rings. The van der Waals surface area contributed by atoms with Gasteiger partial charge in [-0.15, -0.1) is 0 Å². The molecule has 5 heteroatoms. The van der Waals surface area contributed by atoms with Gasteiger partial charge in [-0.1, -0.05) is 48.5 Å². The van der Waals surface area contributed by atoms with E-state index in [9.17, 15) is 9.90 Å². The first-order valence-corrected chi connectivity index (χ1v) is 9.21. The SMILES string of the molecule is CC.CC.CC.COC(=O)c1c[nH]c2c(O)cc3c(c12)C(C)CN3C. The minimum absolute atomic E-state index is 0.157. The van der Waals surface area contributed by atoms with Crippen molar-refractivity contribution in [1.29, 1.82) is 0 Å². The van der Waals surface area contributed by atoms with Crippen LogP contribution in [0.3, 0.4) is 0 Å². The molecule has 2 heterocycles. The first-order chi connectivity index (χ1) is 12.0. The highest BCUT2D eigenvalue weighted by atomic mass is 16.5. The average molecular weight is 351 g/mol. The molecule has 1 unspecified atom stereocenters. The number of benzene rings is 1. The Morgan fingerprint density at radius 2 is 1.80 bits per heavy atom. The Bertz CT molecular complexity index is 677. The molecule has 0 spiro atoms. The summed E-state index contributed by atoms with van der Waals surface area (Å²) in [5, 5.41) is 10.9. The monoisotopic (exact) mass is 350 g/mol. The molecule has 0 fully saturated rings. The van der Waals surface area contributed by atoms with Gasteiger partial charge in [-0.05, 0) is 5.56 Å². The fourth-order valence-corrected chi connectivity index (χ4v) is 3.00. The van der Waals surface area contributed by atoms with E-state index in [4.69, 9.17) is 4.74 Å². The molecule has 3 rings (SSSR count). The summed E-state index contributed by atoms with van der Waals surface area (Å²) < 4.78 is 4.81. The number of aromatic nitrogens is 1. The fraction of sp³-hybridized carbons (Fsp3) is 0.550. The number of H-pyrrole nitrogens is 1. The van der Waals surface area contributed by atoms with Crippen molar-refractivity contribution in [2.75, 3.05) is 25.6 Å². The number of methoxy groups -OCH3 is 1. The van der Waals surface area contributed by atoms with Crippen molar-refractivity contribution in [3.8, 4) is 5.75 Å². The molecule has 0 radical (unpaired) electrons. The molecule has 1 aliphatic rings. The summed E-state index contributed by atoms with van der Waals surface area (Å²) in [7, 11) is 3.35. The zero-order chi connectivity index (χ0) is 19.7. The molecule has 0 bridgehead atoms. The quantitative estimate of drug-likeness (QED) is 0.686. The lowest BCUT2D eigenvalue weighted by molar-refractivity contribution is 0.0603. The van der Waals surface area contributed by atoms with Crippen molar-refractivity contribution in [3.05, 3.63) is 23.4 Å². The summed E-state index contributed by atoms with van der Waals surface area (Å²) in [6.07, 6.45) is 1.60. The molecule has 0 saturated carbocycles. The van der Waals surface area contributed by atoms with Crippen molar-refractivity contribution in [2.45, 2.75) is 54.4 Å². The molecule has 1 aliphatic heterocycles. The number of phenolic OH excluding ortho intramolecular Hbond substituents is 1. The van der Waals surface area contributed by atoms with Crippen LogP contribution in [0.1, 0.15) is 70.3 Å². The predicted octanol–water partition coefficient (Wildman–Crippen LogP) is 5.29. The van der Waals surface area contributed by atoms with Crippen LogP contribution >= 0.6 is 0 Å². The largest absolute Gasteiger partial charge is 0.506 e. The van der Waals surface area contributed by atoms with E-state index in [2.05, 4.69) is 16.8 Å². The molecular formula is C20H34N2O3. The van der Waals surface area contributed by atoms with Crippen molar-refractivity contribution >= 4 is 22.6 Å². The summed E-state index contributed by atoms with van der Waals surface area (Å²) in [6, 6.07) is 1.75. The van der Waals surface area contributed by atoms with Crippen molar-refractivity contribution < 1.29 is 14.6 Å². The predicted molar refractivity (Wildman–Crippen MR) is 107 cm³/mol. The van der Waals surface area contributed by atoms with Crippen LogP contribution in [0.4, 0.5) is 5.69 Å². The first-order valence-electron chi connectivity index (χ1n) is 9.21. The van der Waals surface area contributed by atoms with Crippen LogP contribution < -0.4 is 4.90 Å². The van der Waals surface area contributed by atoms with Gasteiger partial charge in [0.25, 0.3) is 0 Å². The number of fused-ring (bicyclic) bond motifs is 3. The average Bonchev–Trinajstić information content (AvgIpc) is 3.21. The number of ether oxygens (including phenoxy) is 1. The van der Waals surface area contributed by atoms with Crippen LogP contribution in [-0.4, -0.2) is 36.8 Å². The van der Waals surface area contributed by atoms with E-state index < -0.39 is 0 Å². The third-order valence-electron chi connectivity index (χ3n) is 3.81. The van der Waals surface area contributed by atoms with Gasteiger partial charge in [0.05, 0.1) is 18.2 Å². The summed E-state index contributed by atoms with van der Waals surface area (Å²) in [4.78, 5) is 16.9. The van der Waals surface area contributed by atoms with E-state index in [1.807, 2.05) is 48.6 Å². The van der Waals surface area contributed by atoms with Gasteiger partial charge < -0.3 is 19.7 Å². The van der Waals surface area contributed by atoms with Crippen LogP contribution in [0.15, 0.2) is 12.3 Å². The van der Waals surface area contributed by atoms with E-state index in [0.29, 0.717) is 17.0 Å². The van der Waals surface area contributed by atoms with E-state index in [1.165, 1.54) is 7.11 Å². The van der Waals surface area contributed by atoms with E-state index in [-0.39, 0.29) is 11.7 Å². The molecule has 142 valence electrons. The number of nitrogens with zero attached hydrogens (tertiary/aromatic N) is 1. The molecule has 0 aliphatic carbocycles. The molecular weight excluding hydrogens is 316 g/mol. The molecule has 1 aromatic carbocycles. The summed E-state index contributed by atoms with van der Waals surface area (Å²) in [5.74, 6) is 0.0768. The third kappa shape index (κ3) is 4.27. The minimum atomic E-state index is -0.388. The molecule has 2 N–H and O–H groups in total. The second kappa shape index (κ2) is 10.6. The molecule has 25 heavy (non-hydrogen) atoms. The van der Waals surface area contributed by atoms with Gasteiger partial charge in [0.2, 0.25) is 0 Å². The third-order valence-corrected chi connectivity index (χ3v) is 3.81. The van der Waals surface area contributed by atoms with E-state index in [1.54, 1.807) is 12.3 Å². The Morgan fingerprint density at radius 1 is 1.24 bits per heavy atom. The van der Waals surface area contributed by atoms with Crippen LogP contribution in [0.5, 0.6) is 5.75 Å². The fourth-order valence-electron chi connectivity index (χ4n) is 3.00. The topological polar surface area (TPSA) is 65.6 Å². The Balaban J connectivity index is 0.000000871. The number of hydrogen-bond donors (Lipinski definition) is 2. The summed E-state index contributed by atoms with van der Waals surface area (Å²) in [6.45, 7) is 15.0. The maximum atomic E-state index is 11.9. The van der Waals surface area contributed by atoms with Crippen LogP contribution in [-0.2, 0) is 4.74 Å². The van der Waals surface area contributed by atoms with Gasteiger partial charge in [-0.2, -0.15) is 0 Å². The highest BCUT2D eigenvalue weighted by molar-refractivity contribution is 6.09. The maximum absolute atomic E-state index is 11.9. The van der Waals surface area contributed by atoms with Gasteiger partial charge in [-0.3, -0.25) is 0 Å². The van der Waals surface area contributed by atoms with Crippen LogP contribution in [0.2, 0.25) is 0 Å². The number of carbonyl (C=O) groups excluding carboxylic acids is 1. The highest BCUT2D eigenvalue weighted by Gasteiger charge is 2.30. The lowest BCUT2D eigenvalue weighted by Crippen LogP contribution is -2.13. The lowest BCUT2D eigenvalue weighted by Gasteiger charge is -2.12. The van der Waals surface area contributed by atoms with Crippen molar-refractivity contribution in [1.82, 2.24) is 4.98 Å². The number of carbonyl (C=O) groups is 1. The van der Waals surface area contributed by atoms with E-state index in [0.717, 1.165) is 23.2 Å². The number of likely N-dealkylation sites (N-methyl/N-ethyl adjacent to an activating group) is 1. The zero-order valence-electron chi connectivity index (χ0n) is 17.2. The molecule has 0 amide bonds. The standard InChI is InChI=1S/C14H16N2O3.3C2H6/c1-7-6-16(2)9-4-10(17)13-12(11(7)9)8(5-15-13)14(18)19-3;3*1-2/h4-5,7,15,17H,6H2,1-3H3;3*1-2H3. The van der Waals surface area contributed by atoms with Crippen molar-refractivity contribution in [3.63, 3.8) is 0 Å². The van der Waals surface area contributed by atoms with Crippen LogP contribution in [0, 0.1) is 0 Å². The molecule has 0 saturated heterocycles. The number of phenols is 1. The Kier molecular flexibility index (Phi) is 9.72. The summed E-state index contributed by atoms with van der Waals surface area (Å²) in [5.41, 5.74) is 3.15. The lowest BCUT2D eigenvalue weighted by atomic mass is 9.96.